The SMILES string of the molecule is Cc1ccc([C@@H]2C[C@@H](c3ccc(Cl)cc3)Nc3nc(N4C(=O)[C@H]5CC=CC[C@@H]5C4=O)nn32)cc1. The third-order valence-electron chi connectivity index (χ3n) is 7.12. The van der Waals surface area contributed by atoms with Gasteiger partial charge in [0.15, 0.2) is 0 Å². The summed E-state index contributed by atoms with van der Waals surface area (Å²) < 4.78 is 1.81. The van der Waals surface area contributed by atoms with Crippen LogP contribution in [0.25, 0.3) is 0 Å². The Hall–Kier alpha value is -3.45. The first-order chi connectivity index (χ1) is 16.5. The summed E-state index contributed by atoms with van der Waals surface area (Å²) in [5.74, 6) is -0.352. The maximum atomic E-state index is 13.1. The number of nitrogens with one attached hydrogen (secondary N) is 1. The van der Waals surface area contributed by atoms with Crippen molar-refractivity contribution < 1.29 is 9.59 Å². The molecule has 0 saturated carbocycles. The number of nitrogens with zero attached hydrogens (tertiary/aromatic N) is 4. The minimum Gasteiger partial charge on any atom is -0.347 e. The number of imide groups is 1. The molecule has 1 aliphatic carbocycles. The number of allylic oxidation sites excluding steroid dienone is 2. The number of benzene rings is 2. The molecule has 4 atom stereocenters. The van der Waals surface area contributed by atoms with E-state index in [0.29, 0.717) is 23.8 Å². The fourth-order valence-corrected chi connectivity index (χ4v) is 5.36. The van der Waals surface area contributed by atoms with Crippen LogP contribution in [0, 0.1) is 18.8 Å². The molecule has 0 spiro atoms. The molecule has 34 heavy (non-hydrogen) atoms. The number of carbonyl (C=O) groups is 2. The second-order valence-electron chi connectivity index (χ2n) is 9.26. The molecular formula is C26H24ClN5O2. The highest BCUT2D eigenvalue weighted by molar-refractivity contribution is 6.30. The van der Waals surface area contributed by atoms with Crippen molar-refractivity contribution >= 4 is 35.3 Å². The van der Waals surface area contributed by atoms with Crippen molar-refractivity contribution in [1.82, 2.24) is 14.8 Å². The van der Waals surface area contributed by atoms with Crippen molar-refractivity contribution in [2.24, 2.45) is 11.8 Å². The van der Waals surface area contributed by atoms with E-state index in [0.717, 1.165) is 17.5 Å². The van der Waals surface area contributed by atoms with E-state index in [1.54, 1.807) is 0 Å². The zero-order valence-electron chi connectivity index (χ0n) is 18.7. The lowest BCUT2D eigenvalue weighted by molar-refractivity contribution is -0.122. The van der Waals surface area contributed by atoms with Crippen LogP contribution in [0.4, 0.5) is 11.9 Å². The van der Waals surface area contributed by atoms with E-state index in [9.17, 15) is 9.59 Å². The molecule has 3 aromatic rings. The van der Waals surface area contributed by atoms with Crippen molar-refractivity contribution in [3.05, 3.63) is 82.4 Å². The molecule has 1 N–H and O–H groups in total. The summed E-state index contributed by atoms with van der Waals surface area (Å²) in [5.41, 5.74) is 3.36. The Morgan fingerprint density at radius 1 is 0.912 bits per heavy atom. The van der Waals surface area contributed by atoms with Gasteiger partial charge >= 0.3 is 0 Å². The van der Waals surface area contributed by atoms with Gasteiger partial charge in [0.1, 0.15) is 0 Å². The Labute approximate surface area is 202 Å². The molecule has 3 aliphatic rings. The third-order valence-corrected chi connectivity index (χ3v) is 7.37. The molecule has 1 aromatic heterocycles. The van der Waals surface area contributed by atoms with Gasteiger partial charge in [-0.15, -0.1) is 5.10 Å². The Morgan fingerprint density at radius 3 is 2.18 bits per heavy atom. The Kier molecular flexibility index (Phi) is 5.03. The predicted molar refractivity (Wildman–Crippen MR) is 130 cm³/mol. The highest BCUT2D eigenvalue weighted by Crippen LogP contribution is 2.41. The van der Waals surface area contributed by atoms with Crippen LogP contribution in [0.5, 0.6) is 0 Å². The molecule has 0 radical (unpaired) electrons. The molecule has 1 fully saturated rings. The Balaban J connectivity index is 1.40. The van der Waals surface area contributed by atoms with Gasteiger partial charge in [0.2, 0.25) is 17.8 Å². The highest BCUT2D eigenvalue weighted by atomic mass is 35.5. The van der Waals surface area contributed by atoms with Crippen LogP contribution < -0.4 is 10.2 Å². The summed E-state index contributed by atoms with van der Waals surface area (Å²) in [6.07, 6.45) is 5.86. The number of halogens is 1. The van der Waals surface area contributed by atoms with E-state index in [4.69, 9.17) is 16.7 Å². The number of hydrogen-bond acceptors (Lipinski definition) is 5. The molecule has 0 unspecified atom stereocenters. The van der Waals surface area contributed by atoms with Gasteiger partial charge in [-0.3, -0.25) is 9.59 Å². The second-order valence-corrected chi connectivity index (χ2v) is 9.69. The highest BCUT2D eigenvalue weighted by Gasteiger charge is 2.49. The summed E-state index contributed by atoms with van der Waals surface area (Å²) in [7, 11) is 0. The summed E-state index contributed by atoms with van der Waals surface area (Å²) in [6, 6.07) is 16.0. The lowest BCUT2D eigenvalue weighted by Crippen LogP contribution is -2.32. The molecule has 7 nitrogen and oxygen atoms in total. The van der Waals surface area contributed by atoms with Crippen molar-refractivity contribution in [2.45, 2.75) is 38.3 Å². The molecule has 2 aromatic carbocycles. The standard InChI is InChI=1S/C26H24ClN5O2/c1-15-6-8-17(9-7-15)22-14-21(16-10-12-18(27)13-11-16)28-25-29-26(30-32(22)25)31-23(33)19-4-2-3-5-20(19)24(31)34/h2-3,6-13,19-22H,4-5,14H2,1H3,(H,28,29,30)/t19-,20-,21-,22-/m0/s1. The maximum absolute atomic E-state index is 13.1. The summed E-state index contributed by atoms with van der Waals surface area (Å²) in [4.78, 5) is 32.1. The van der Waals surface area contributed by atoms with Crippen LogP contribution in [0.3, 0.4) is 0 Å². The first-order valence-electron chi connectivity index (χ1n) is 11.6. The number of aromatic nitrogens is 3. The van der Waals surface area contributed by atoms with Gasteiger partial charge in [0.25, 0.3) is 5.95 Å². The number of hydrogen-bond donors (Lipinski definition) is 1. The van der Waals surface area contributed by atoms with E-state index in [1.165, 1.54) is 10.5 Å². The van der Waals surface area contributed by atoms with Gasteiger partial charge in [0, 0.05) is 5.02 Å². The largest absolute Gasteiger partial charge is 0.347 e. The monoisotopic (exact) mass is 473 g/mol. The minimum atomic E-state index is -0.319. The maximum Gasteiger partial charge on any atom is 0.260 e. The number of amides is 2. The molecule has 2 amide bonds. The van der Waals surface area contributed by atoms with Crippen molar-refractivity contribution in [3.8, 4) is 0 Å². The van der Waals surface area contributed by atoms with Crippen molar-refractivity contribution in [3.63, 3.8) is 0 Å². The van der Waals surface area contributed by atoms with Gasteiger partial charge in [0.05, 0.1) is 23.9 Å². The number of fused-ring (bicyclic) bond motifs is 2. The predicted octanol–water partition coefficient (Wildman–Crippen LogP) is 4.84. The second kappa shape index (κ2) is 8.09. The van der Waals surface area contributed by atoms with Gasteiger partial charge in [-0.05, 0) is 49.4 Å². The normalized spacial score (nSPS) is 25.8. The fourth-order valence-electron chi connectivity index (χ4n) is 5.24. The number of carbonyl (C=O) groups excluding carboxylic acids is 2. The fraction of sp³-hybridized carbons (Fsp3) is 0.308. The Morgan fingerprint density at radius 2 is 1.53 bits per heavy atom. The lowest BCUT2D eigenvalue weighted by atomic mass is 9.85. The summed E-state index contributed by atoms with van der Waals surface area (Å²) in [6.45, 7) is 2.06. The third kappa shape index (κ3) is 3.42. The molecular weight excluding hydrogens is 450 g/mol. The van der Waals surface area contributed by atoms with E-state index in [1.807, 2.05) is 41.1 Å². The summed E-state index contributed by atoms with van der Waals surface area (Å²) >= 11 is 6.11. The lowest BCUT2D eigenvalue weighted by Gasteiger charge is -2.31. The molecule has 6 rings (SSSR count). The molecule has 0 bridgehead atoms. The van der Waals surface area contributed by atoms with Crippen LogP contribution in [0.2, 0.25) is 5.02 Å². The van der Waals surface area contributed by atoms with Crippen molar-refractivity contribution in [2.75, 3.05) is 10.2 Å². The van der Waals surface area contributed by atoms with Gasteiger partial charge < -0.3 is 5.32 Å². The topological polar surface area (TPSA) is 80.1 Å². The smallest absolute Gasteiger partial charge is 0.260 e. The first-order valence-corrected chi connectivity index (χ1v) is 12.0. The van der Waals surface area contributed by atoms with Crippen molar-refractivity contribution in [1.29, 1.82) is 0 Å². The molecule has 2 aliphatic heterocycles. The quantitative estimate of drug-likeness (QED) is 0.435. The van der Waals surface area contributed by atoms with Crippen LogP contribution in [-0.4, -0.2) is 26.6 Å². The Bertz CT molecular complexity index is 1270. The van der Waals surface area contributed by atoms with Gasteiger partial charge in [-0.25, -0.2) is 9.58 Å². The van der Waals surface area contributed by atoms with Crippen LogP contribution in [0.15, 0.2) is 60.7 Å². The minimum absolute atomic E-state index is 0.0233. The molecule has 8 heteroatoms. The molecule has 1 saturated heterocycles. The molecule has 3 heterocycles. The first kappa shape index (κ1) is 21.1. The van der Waals surface area contributed by atoms with Gasteiger partial charge in [-0.1, -0.05) is 65.7 Å². The average molecular weight is 474 g/mol. The van der Waals surface area contributed by atoms with E-state index >= 15 is 0 Å². The van der Waals surface area contributed by atoms with Gasteiger partial charge in [-0.2, -0.15) is 4.98 Å². The summed E-state index contributed by atoms with van der Waals surface area (Å²) in [5, 5.41) is 8.85. The van der Waals surface area contributed by atoms with E-state index in [-0.39, 0.29) is 41.7 Å². The number of aryl methyl sites for hydroxylation is 1. The van der Waals surface area contributed by atoms with Crippen LogP contribution in [-0.2, 0) is 9.59 Å². The molecule has 172 valence electrons. The number of rotatable bonds is 3. The zero-order valence-corrected chi connectivity index (χ0v) is 19.4. The average Bonchev–Trinajstić information content (AvgIpc) is 3.38. The zero-order chi connectivity index (χ0) is 23.4. The van der Waals surface area contributed by atoms with E-state index < -0.39 is 0 Å². The van der Waals surface area contributed by atoms with E-state index in [2.05, 4.69) is 41.5 Å². The van der Waals surface area contributed by atoms with Crippen LogP contribution >= 0.6 is 11.6 Å². The van der Waals surface area contributed by atoms with Crippen LogP contribution in [0.1, 0.15) is 48.0 Å². The number of anilines is 2.